The Kier molecular flexibility index (Phi) is 12.3. The van der Waals surface area contributed by atoms with Gasteiger partial charge in [0.25, 0.3) is 0 Å². The fourth-order valence-corrected chi connectivity index (χ4v) is 2.62. The van der Waals surface area contributed by atoms with Crippen LogP contribution in [-0.2, 0) is 9.53 Å². The minimum Gasteiger partial charge on any atom is -0.493 e. The van der Waals surface area contributed by atoms with E-state index >= 15 is 0 Å². The minimum atomic E-state index is -0.102. The monoisotopic (exact) mass is 393 g/mol. The van der Waals surface area contributed by atoms with E-state index in [9.17, 15) is 4.79 Å². The molecule has 0 amide bonds. The van der Waals surface area contributed by atoms with Crippen molar-refractivity contribution in [1.82, 2.24) is 10.6 Å². The number of aliphatic imine (C=N–C) groups is 1. The zero-order valence-electron chi connectivity index (χ0n) is 17.6. The van der Waals surface area contributed by atoms with E-state index in [4.69, 9.17) is 14.2 Å². The van der Waals surface area contributed by atoms with Gasteiger partial charge in [0.15, 0.2) is 17.5 Å². The third-order valence-electron chi connectivity index (χ3n) is 4.08. The van der Waals surface area contributed by atoms with E-state index in [0.717, 1.165) is 49.7 Å². The van der Waals surface area contributed by atoms with E-state index in [2.05, 4.69) is 15.6 Å². The van der Waals surface area contributed by atoms with Gasteiger partial charge in [0, 0.05) is 20.0 Å². The molecule has 0 aromatic heterocycles. The van der Waals surface area contributed by atoms with Crippen molar-refractivity contribution in [3.8, 4) is 11.5 Å². The Hall–Kier alpha value is -2.44. The average molecular weight is 394 g/mol. The van der Waals surface area contributed by atoms with Crippen molar-refractivity contribution >= 4 is 11.9 Å². The highest BCUT2D eigenvalue weighted by Gasteiger charge is 2.09. The topological polar surface area (TPSA) is 81.2 Å². The van der Waals surface area contributed by atoms with Gasteiger partial charge in [0.05, 0.1) is 20.3 Å². The van der Waals surface area contributed by atoms with Gasteiger partial charge in [-0.05, 0) is 38.8 Å². The molecule has 0 bridgehead atoms. The van der Waals surface area contributed by atoms with Gasteiger partial charge in [-0.1, -0.05) is 25.0 Å². The number of unbranched alkanes of at least 4 members (excludes halogenated alkanes) is 3. The van der Waals surface area contributed by atoms with Crippen LogP contribution in [0.3, 0.4) is 0 Å². The van der Waals surface area contributed by atoms with Gasteiger partial charge in [0.2, 0.25) is 0 Å². The molecule has 1 rings (SSSR count). The molecule has 1 atom stereocenters. The van der Waals surface area contributed by atoms with Crippen LogP contribution < -0.4 is 20.1 Å². The summed E-state index contributed by atoms with van der Waals surface area (Å²) in [4.78, 5) is 15.5. The van der Waals surface area contributed by atoms with Crippen molar-refractivity contribution < 1.29 is 19.0 Å². The fourth-order valence-electron chi connectivity index (χ4n) is 2.62. The molecule has 7 heteroatoms. The number of carbonyl (C=O) groups excluding carboxylic acids is 1. The molecule has 0 aliphatic carbocycles. The number of ether oxygens (including phenoxy) is 3. The number of hydrogen-bond donors (Lipinski definition) is 2. The lowest BCUT2D eigenvalue weighted by molar-refractivity contribution is -0.143. The summed E-state index contributed by atoms with van der Waals surface area (Å²) >= 11 is 0. The van der Waals surface area contributed by atoms with Crippen LogP contribution in [0, 0.1) is 0 Å². The van der Waals surface area contributed by atoms with E-state index in [1.54, 1.807) is 14.2 Å². The fraction of sp³-hybridized carbons (Fsp3) is 0.619. The number of benzene rings is 1. The van der Waals surface area contributed by atoms with Crippen LogP contribution in [0.2, 0.25) is 0 Å². The van der Waals surface area contributed by atoms with Crippen molar-refractivity contribution in [2.45, 2.75) is 52.1 Å². The summed E-state index contributed by atoms with van der Waals surface area (Å²) in [6, 6.07) is 7.61. The van der Waals surface area contributed by atoms with Gasteiger partial charge < -0.3 is 24.8 Å². The maximum atomic E-state index is 11.3. The Morgan fingerprint density at radius 3 is 2.50 bits per heavy atom. The Balaban J connectivity index is 2.17. The number of para-hydroxylation sites is 2. The lowest BCUT2D eigenvalue weighted by atomic mass is 10.1. The van der Waals surface area contributed by atoms with E-state index < -0.39 is 0 Å². The predicted octanol–water partition coefficient (Wildman–Crippen LogP) is 3.14. The molecule has 1 aromatic carbocycles. The number of esters is 1. The number of nitrogens with one attached hydrogen (secondary N) is 2. The van der Waals surface area contributed by atoms with Crippen LogP contribution in [0.15, 0.2) is 29.3 Å². The van der Waals surface area contributed by atoms with E-state index in [1.807, 2.05) is 38.1 Å². The van der Waals surface area contributed by atoms with Crippen LogP contribution in [0.25, 0.3) is 0 Å². The molecule has 1 aromatic rings. The Labute approximate surface area is 168 Å². The molecular formula is C21H35N3O4. The smallest absolute Gasteiger partial charge is 0.305 e. The number of nitrogens with zero attached hydrogens (tertiary/aromatic N) is 1. The number of hydrogen-bond acceptors (Lipinski definition) is 5. The molecule has 158 valence electrons. The predicted molar refractivity (Wildman–Crippen MR) is 112 cm³/mol. The molecule has 1 unspecified atom stereocenters. The van der Waals surface area contributed by atoms with Crippen molar-refractivity contribution in [3.63, 3.8) is 0 Å². The van der Waals surface area contributed by atoms with Gasteiger partial charge >= 0.3 is 5.97 Å². The van der Waals surface area contributed by atoms with E-state index in [1.165, 1.54) is 0 Å². The number of guanidine groups is 1. The molecule has 7 nitrogen and oxygen atoms in total. The second kappa shape index (κ2) is 14.6. The second-order valence-corrected chi connectivity index (χ2v) is 6.43. The van der Waals surface area contributed by atoms with Gasteiger partial charge in [-0.2, -0.15) is 0 Å². The largest absolute Gasteiger partial charge is 0.493 e. The van der Waals surface area contributed by atoms with E-state index in [0.29, 0.717) is 19.6 Å². The summed E-state index contributed by atoms with van der Waals surface area (Å²) in [6.45, 7) is 5.74. The maximum absolute atomic E-state index is 11.3. The summed E-state index contributed by atoms with van der Waals surface area (Å²) in [5.41, 5.74) is 0. The molecular weight excluding hydrogens is 358 g/mol. The molecule has 0 heterocycles. The maximum Gasteiger partial charge on any atom is 0.305 e. The highest BCUT2D eigenvalue weighted by molar-refractivity contribution is 5.79. The zero-order valence-corrected chi connectivity index (χ0v) is 17.6. The minimum absolute atomic E-state index is 0.0438. The first kappa shape index (κ1) is 23.6. The van der Waals surface area contributed by atoms with Crippen LogP contribution >= 0.6 is 0 Å². The molecule has 2 N–H and O–H groups in total. The van der Waals surface area contributed by atoms with Crippen LogP contribution in [0.4, 0.5) is 0 Å². The first-order chi connectivity index (χ1) is 13.6. The number of methoxy groups -OCH3 is 1. The van der Waals surface area contributed by atoms with Crippen molar-refractivity contribution in [2.75, 3.05) is 33.9 Å². The molecule has 28 heavy (non-hydrogen) atoms. The summed E-state index contributed by atoms with van der Waals surface area (Å²) in [6.07, 6.45) is 4.46. The van der Waals surface area contributed by atoms with E-state index in [-0.39, 0.29) is 12.1 Å². The van der Waals surface area contributed by atoms with Crippen molar-refractivity contribution in [3.05, 3.63) is 24.3 Å². The Morgan fingerprint density at radius 1 is 1.11 bits per heavy atom. The van der Waals surface area contributed by atoms with Gasteiger partial charge in [-0.15, -0.1) is 0 Å². The average Bonchev–Trinajstić information content (AvgIpc) is 2.70. The van der Waals surface area contributed by atoms with Crippen molar-refractivity contribution in [2.24, 2.45) is 4.99 Å². The summed E-state index contributed by atoms with van der Waals surface area (Å²) < 4.78 is 16.2. The third-order valence-corrected chi connectivity index (χ3v) is 4.08. The zero-order chi connectivity index (χ0) is 20.6. The van der Waals surface area contributed by atoms with Crippen molar-refractivity contribution in [1.29, 1.82) is 0 Å². The second-order valence-electron chi connectivity index (χ2n) is 6.43. The molecule has 0 radical (unpaired) electrons. The summed E-state index contributed by atoms with van der Waals surface area (Å²) in [7, 11) is 3.38. The summed E-state index contributed by atoms with van der Waals surface area (Å²) in [5.74, 6) is 2.10. The lowest BCUT2D eigenvalue weighted by Gasteiger charge is -2.19. The highest BCUT2D eigenvalue weighted by Crippen LogP contribution is 2.26. The van der Waals surface area contributed by atoms with Gasteiger partial charge in [-0.25, -0.2) is 0 Å². The molecule has 0 aliphatic rings. The number of rotatable bonds is 13. The summed E-state index contributed by atoms with van der Waals surface area (Å²) in [5, 5.41) is 6.57. The Morgan fingerprint density at radius 2 is 1.82 bits per heavy atom. The Bertz CT molecular complexity index is 593. The van der Waals surface area contributed by atoms with Crippen LogP contribution in [0.5, 0.6) is 11.5 Å². The SMILES string of the molecule is CCOC(=O)CCCCCCNC(=NC)NCC(C)Oc1ccccc1OC. The molecule has 0 aliphatic heterocycles. The third kappa shape index (κ3) is 10.0. The molecule has 0 saturated carbocycles. The molecule has 0 spiro atoms. The standard InChI is InChI=1S/C21H35N3O4/c1-5-27-20(25)14-8-6-7-11-15-23-21(22-3)24-16-17(2)28-19-13-10-9-12-18(19)26-4/h9-10,12-13,17H,5-8,11,14-16H2,1-4H3,(H2,22,23,24). The molecule has 0 saturated heterocycles. The van der Waals surface area contributed by atoms with Gasteiger partial charge in [-0.3, -0.25) is 9.79 Å². The first-order valence-electron chi connectivity index (χ1n) is 10.0. The number of carbonyl (C=O) groups is 1. The quantitative estimate of drug-likeness (QED) is 0.232. The first-order valence-corrected chi connectivity index (χ1v) is 10.0. The normalized spacial score (nSPS) is 12.2. The van der Waals surface area contributed by atoms with Crippen LogP contribution in [0.1, 0.15) is 46.0 Å². The highest BCUT2D eigenvalue weighted by atomic mass is 16.5. The lowest BCUT2D eigenvalue weighted by Crippen LogP contribution is -2.42. The van der Waals surface area contributed by atoms with Crippen LogP contribution in [-0.4, -0.2) is 51.9 Å². The van der Waals surface area contributed by atoms with Gasteiger partial charge in [0.1, 0.15) is 6.10 Å². The molecule has 0 fully saturated rings.